The van der Waals surface area contributed by atoms with Crippen molar-refractivity contribution in [3.8, 4) is 24.7 Å². The minimum absolute atomic E-state index is 0.237. The highest BCUT2D eigenvalue weighted by atomic mass is 16.5. The Labute approximate surface area is 122 Å². The number of cyclic esters (lactones) is 1. The van der Waals surface area contributed by atoms with E-state index in [1.165, 1.54) is 0 Å². The highest BCUT2D eigenvalue weighted by molar-refractivity contribution is 6.17. The van der Waals surface area contributed by atoms with Crippen molar-refractivity contribution >= 4 is 17.6 Å². The van der Waals surface area contributed by atoms with Gasteiger partial charge in [-0.1, -0.05) is 17.9 Å². The van der Waals surface area contributed by atoms with Gasteiger partial charge in [0.15, 0.2) is 0 Å². The molecule has 1 aliphatic rings. The summed E-state index contributed by atoms with van der Waals surface area (Å²) in [5, 5.41) is 0. The monoisotopic (exact) mass is 271 g/mol. The molecule has 0 atom stereocenters. The predicted molar refractivity (Wildman–Crippen MR) is 80.4 cm³/mol. The van der Waals surface area contributed by atoms with Crippen molar-refractivity contribution in [2.24, 2.45) is 4.99 Å². The van der Waals surface area contributed by atoms with Gasteiger partial charge >= 0.3 is 5.97 Å². The van der Waals surface area contributed by atoms with Gasteiger partial charge in [0.2, 0.25) is 5.90 Å². The normalized spacial score (nSPS) is 14.2. The van der Waals surface area contributed by atoms with Crippen LogP contribution in [0, 0.1) is 24.7 Å². The van der Waals surface area contributed by atoms with Crippen LogP contribution in [0.25, 0.3) is 0 Å². The minimum atomic E-state index is -0.430. The van der Waals surface area contributed by atoms with Crippen LogP contribution < -0.4 is 0 Å². The van der Waals surface area contributed by atoms with Gasteiger partial charge in [0, 0.05) is 11.1 Å². The van der Waals surface area contributed by atoms with Crippen LogP contribution >= 0.6 is 0 Å². The Morgan fingerprint density at radius 2 is 1.71 bits per heavy atom. The summed E-state index contributed by atoms with van der Waals surface area (Å²) in [6, 6.07) is 12.2. The van der Waals surface area contributed by atoms with E-state index in [4.69, 9.17) is 17.6 Å². The average Bonchev–Trinajstić information content (AvgIpc) is 2.83. The quantitative estimate of drug-likeness (QED) is 0.591. The summed E-state index contributed by atoms with van der Waals surface area (Å²) >= 11 is 0. The Morgan fingerprint density at radius 1 is 0.952 bits per heavy atom. The molecule has 21 heavy (non-hydrogen) atoms. The molecular weight excluding hydrogens is 262 g/mol. The predicted octanol–water partition coefficient (Wildman–Crippen LogP) is 2.90. The smallest absolute Gasteiger partial charge is 0.345 e. The van der Waals surface area contributed by atoms with Gasteiger partial charge in [-0.2, -0.15) is 0 Å². The number of rotatable bonds is 1. The molecule has 0 radical (unpaired) electrons. The van der Waals surface area contributed by atoms with Gasteiger partial charge < -0.3 is 4.74 Å². The Kier molecular flexibility index (Phi) is 3.03. The maximum Gasteiger partial charge on any atom is 0.345 e. The molecule has 1 heterocycles. The van der Waals surface area contributed by atoms with Crippen LogP contribution in [0.1, 0.15) is 27.0 Å². The van der Waals surface area contributed by atoms with E-state index in [1.54, 1.807) is 42.5 Å². The third kappa shape index (κ3) is 2.29. The first-order valence-corrected chi connectivity index (χ1v) is 6.20. The standard InChI is InChI=1S/C18H9NO2/c1-3-12-6-5-7-14(10-12)19-17-16-11-13(4-2)8-9-15(16)18(20)21-17/h1-2,5-11H. The zero-order valence-corrected chi connectivity index (χ0v) is 11.0. The molecule has 3 heteroatoms. The number of nitrogens with zero attached hydrogens (tertiary/aromatic N) is 1. The Balaban J connectivity index is 2.10. The Bertz CT molecular complexity index is 864. The molecule has 0 aromatic heterocycles. The highest BCUT2D eigenvalue weighted by Gasteiger charge is 2.28. The van der Waals surface area contributed by atoms with Gasteiger partial charge in [-0.15, -0.1) is 12.8 Å². The van der Waals surface area contributed by atoms with Crippen LogP contribution in [0.5, 0.6) is 0 Å². The first kappa shape index (κ1) is 12.7. The van der Waals surface area contributed by atoms with E-state index in [2.05, 4.69) is 16.8 Å². The van der Waals surface area contributed by atoms with Crippen molar-refractivity contribution in [3.05, 3.63) is 64.7 Å². The van der Waals surface area contributed by atoms with E-state index in [0.29, 0.717) is 27.9 Å². The summed E-state index contributed by atoms with van der Waals surface area (Å²) in [7, 11) is 0. The second-order valence-corrected chi connectivity index (χ2v) is 4.41. The molecule has 0 bridgehead atoms. The second kappa shape index (κ2) is 5.00. The van der Waals surface area contributed by atoms with Gasteiger partial charge in [-0.05, 0) is 36.4 Å². The van der Waals surface area contributed by atoms with Gasteiger partial charge in [0.25, 0.3) is 0 Å². The fraction of sp³-hybridized carbons (Fsp3) is 0. The number of carbonyl (C=O) groups is 1. The molecule has 0 fully saturated rings. The topological polar surface area (TPSA) is 38.7 Å². The third-order valence-electron chi connectivity index (χ3n) is 3.07. The number of aliphatic imine (C=N–C) groups is 1. The van der Waals surface area contributed by atoms with Crippen molar-refractivity contribution in [2.75, 3.05) is 0 Å². The zero-order chi connectivity index (χ0) is 14.8. The molecule has 0 N–H and O–H groups in total. The molecule has 3 nitrogen and oxygen atoms in total. The molecule has 98 valence electrons. The maximum absolute atomic E-state index is 11.8. The van der Waals surface area contributed by atoms with E-state index in [9.17, 15) is 4.79 Å². The molecule has 0 saturated carbocycles. The zero-order valence-electron chi connectivity index (χ0n) is 11.0. The fourth-order valence-corrected chi connectivity index (χ4v) is 2.05. The number of ether oxygens (including phenoxy) is 1. The summed E-state index contributed by atoms with van der Waals surface area (Å²) < 4.78 is 5.20. The minimum Gasteiger partial charge on any atom is -0.403 e. The van der Waals surface area contributed by atoms with Crippen molar-refractivity contribution in [1.82, 2.24) is 0 Å². The largest absolute Gasteiger partial charge is 0.403 e. The van der Waals surface area contributed by atoms with Crippen LogP contribution in [0.15, 0.2) is 47.5 Å². The van der Waals surface area contributed by atoms with Crippen LogP contribution in [0.2, 0.25) is 0 Å². The molecule has 0 unspecified atom stereocenters. The molecule has 0 spiro atoms. The molecule has 0 saturated heterocycles. The van der Waals surface area contributed by atoms with Crippen molar-refractivity contribution in [3.63, 3.8) is 0 Å². The van der Waals surface area contributed by atoms with Gasteiger partial charge in [0.1, 0.15) is 0 Å². The molecular formula is C18H9NO2. The van der Waals surface area contributed by atoms with Crippen LogP contribution in [-0.2, 0) is 4.74 Å². The fourth-order valence-electron chi connectivity index (χ4n) is 2.05. The van der Waals surface area contributed by atoms with E-state index in [-0.39, 0.29) is 5.90 Å². The molecule has 1 aliphatic heterocycles. The number of benzene rings is 2. The van der Waals surface area contributed by atoms with Crippen LogP contribution in [0.4, 0.5) is 5.69 Å². The number of terminal acetylenes is 2. The van der Waals surface area contributed by atoms with Crippen LogP contribution in [0.3, 0.4) is 0 Å². The lowest BCUT2D eigenvalue weighted by Gasteiger charge is -1.99. The molecule has 2 aromatic rings. The molecule has 0 aliphatic carbocycles. The number of carbonyl (C=O) groups excluding carboxylic acids is 1. The first-order chi connectivity index (χ1) is 10.2. The Morgan fingerprint density at radius 3 is 2.48 bits per heavy atom. The third-order valence-corrected chi connectivity index (χ3v) is 3.07. The molecule has 3 rings (SSSR count). The summed E-state index contributed by atoms with van der Waals surface area (Å²) in [5.41, 5.74) is 3.05. The number of esters is 1. The average molecular weight is 271 g/mol. The van der Waals surface area contributed by atoms with Crippen LogP contribution in [-0.4, -0.2) is 11.9 Å². The maximum atomic E-state index is 11.8. The lowest BCUT2D eigenvalue weighted by atomic mass is 10.1. The summed E-state index contributed by atoms with van der Waals surface area (Å²) in [5.74, 6) is 4.87. The van der Waals surface area contributed by atoms with E-state index >= 15 is 0 Å². The lowest BCUT2D eigenvalue weighted by molar-refractivity contribution is 0.0737. The first-order valence-electron chi connectivity index (χ1n) is 6.20. The second-order valence-electron chi connectivity index (χ2n) is 4.41. The number of hydrogen-bond acceptors (Lipinski definition) is 3. The summed E-state index contributed by atoms with van der Waals surface area (Å²) in [6.45, 7) is 0. The molecule has 0 amide bonds. The van der Waals surface area contributed by atoms with E-state index < -0.39 is 5.97 Å². The van der Waals surface area contributed by atoms with Gasteiger partial charge in [-0.3, -0.25) is 0 Å². The van der Waals surface area contributed by atoms with E-state index in [1.807, 2.05) is 0 Å². The van der Waals surface area contributed by atoms with Crippen molar-refractivity contribution < 1.29 is 9.53 Å². The Hall–Kier alpha value is -3.30. The highest BCUT2D eigenvalue weighted by Crippen LogP contribution is 2.25. The number of hydrogen-bond donors (Lipinski definition) is 0. The number of fused-ring (bicyclic) bond motifs is 1. The summed E-state index contributed by atoms with van der Waals surface area (Å²) in [4.78, 5) is 16.1. The van der Waals surface area contributed by atoms with E-state index in [0.717, 1.165) is 0 Å². The SMILES string of the molecule is C#Cc1cccc(N=C2OC(=O)c3ccc(C#C)cc32)c1. The van der Waals surface area contributed by atoms with Crippen molar-refractivity contribution in [2.45, 2.75) is 0 Å². The molecule has 2 aromatic carbocycles. The van der Waals surface area contributed by atoms with Gasteiger partial charge in [-0.25, -0.2) is 9.79 Å². The van der Waals surface area contributed by atoms with Gasteiger partial charge in [0.05, 0.1) is 16.8 Å². The summed E-state index contributed by atoms with van der Waals surface area (Å²) in [6.07, 6.45) is 10.7. The lowest BCUT2D eigenvalue weighted by Crippen LogP contribution is -1.99. The van der Waals surface area contributed by atoms with Crippen molar-refractivity contribution in [1.29, 1.82) is 0 Å².